The van der Waals surface area contributed by atoms with Gasteiger partial charge in [-0.25, -0.2) is 0 Å². The molecule has 5 atom stereocenters. The van der Waals surface area contributed by atoms with Crippen molar-refractivity contribution in [3.8, 4) is 0 Å². The summed E-state index contributed by atoms with van der Waals surface area (Å²) in [5.41, 5.74) is -1.58. The summed E-state index contributed by atoms with van der Waals surface area (Å²) in [5.74, 6) is -1.47. The van der Waals surface area contributed by atoms with E-state index in [0.29, 0.717) is 0 Å². The van der Waals surface area contributed by atoms with Gasteiger partial charge in [0.2, 0.25) is 5.91 Å². The lowest BCUT2D eigenvalue weighted by molar-refractivity contribution is -0.273. The average molecular weight is 430 g/mol. The summed E-state index contributed by atoms with van der Waals surface area (Å²) in [7, 11) is 0. The van der Waals surface area contributed by atoms with Crippen molar-refractivity contribution < 1.29 is 38.4 Å². The van der Waals surface area contributed by atoms with E-state index in [1.54, 1.807) is 41.5 Å². The Morgan fingerprint density at radius 2 is 1.67 bits per heavy atom. The van der Waals surface area contributed by atoms with Crippen molar-refractivity contribution in [2.24, 2.45) is 10.8 Å². The molecule has 172 valence electrons. The van der Waals surface area contributed by atoms with Crippen LogP contribution in [0.3, 0.4) is 0 Å². The van der Waals surface area contributed by atoms with Crippen LogP contribution >= 0.6 is 0 Å². The summed E-state index contributed by atoms with van der Waals surface area (Å²) >= 11 is 0. The van der Waals surface area contributed by atoms with E-state index in [-0.39, 0.29) is 13.2 Å². The number of carbonyl (C=O) groups is 3. The first kappa shape index (κ1) is 26.1. The predicted octanol–water partition coefficient (Wildman–Crippen LogP) is 1.33. The monoisotopic (exact) mass is 429 g/mol. The van der Waals surface area contributed by atoms with Crippen molar-refractivity contribution in [3.05, 3.63) is 12.7 Å². The molecule has 30 heavy (non-hydrogen) atoms. The molecule has 1 aliphatic rings. The van der Waals surface area contributed by atoms with E-state index in [2.05, 4.69) is 11.9 Å². The van der Waals surface area contributed by atoms with E-state index in [9.17, 15) is 19.5 Å². The van der Waals surface area contributed by atoms with E-state index in [1.165, 1.54) is 13.0 Å². The van der Waals surface area contributed by atoms with Gasteiger partial charge in [0.15, 0.2) is 12.4 Å². The Bertz CT molecular complexity index is 634. The van der Waals surface area contributed by atoms with Gasteiger partial charge in [-0.05, 0) is 41.5 Å². The second-order valence-electron chi connectivity index (χ2n) is 9.35. The van der Waals surface area contributed by atoms with Crippen molar-refractivity contribution in [2.45, 2.75) is 79.1 Å². The quantitative estimate of drug-likeness (QED) is 0.459. The average Bonchev–Trinajstić information content (AvgIpc) is 2.60. The zero-order chi connectivity index (χ0) is 23.3. The van der Waals surface area contributed by atoms with Crippen LogP contribution in [0.1, 0.15) is 48.5 Å². The zero-order valence-corrected chi connectivity index (χ0v) is 18.9. The molecule has 9 nitrogen and oxygen atoms in total. The van der Waals surface area contributed by atoms with Crippen LogP contribution in [-0.4, -0.2) is 66.8 Å². The Morgan fingerprint density at radius 3 is 2.13 bits per heavy atom. The molecule has 0 spiro atoms. The first-order valence-corrected chi connectivity index (χ1v) is 9.90. The maximum absolute atomic E-state index is 12.5. The van der Waals surface area contributed by atoms with E-state index in [0.717, 1.165) is 0 Å². The minimum absolute atomic E-state index is 0.0886. The summed E-state index contributed by atoms with van der Waals surface area (Å²) in [5, 5.41) is 13.5. The molecule has 0 radical (unpaired) electrons. The fraction of sp³-hybridized carbons (Fsp3) is 0.762. The Labute approximate surface area is 178 Å². The molecule has 9 heteroatoms. The van der Waals surface area contributed by atoms with Gasteiger partial charge in [0.05, 0.1) is 17.4 Å². The largest absolute Gasteiger partial charge is 0.462 e. The highest BCUT2D eigenvalue weighted by atomic mass is 16.7. The van der Waals surface area contributed by atoms with Crippen LogP contribution in [0.4, 0.5) is 0 Å². The maximum atomic E-state index is 12.5. The lowest BCUT2D eigenvalue weighted by Gasteiger charge is -2.44. The highest BCUT2D eigenvalue weighted by Crippen LogP contribution is 2.28. The van der Waals surface area contributed by atoms with Gasteiger partial charge in [-0.1, -0.05) is 6.08 Å². The molecule has 1 aliphatic heterocycles. The molecule has 0 aliphatic carbocycles. The normalized spacial score (nSPS) is 27.1. The SMILES string of the molecule is C=CCOC1OC(COC(=O)C(C)(C)C)C(O)C(OC(=O)C(C)(C)C)C1NC(C)=O. The lowest BCUT2D eigenvalue weighted by Crippen LogP contribution is -2.66. The smallest absolute Gasteiger partial charge is 0.311 e. The molecule has 0 aromatic heterocycles. The molecule has 0 aromatic rings. The number of aliphatic hydroxyl groups is 1. The fourth-order valence-electron chi connectivity index (χ4n) is 2.56. The number of amides is 1. The van der Waals surface area contributed by atoms with Gasteiger partial charge in [-0.15, -0.1) is 6.58 Å². The van der Waals surface area contributed by atoms with Crippen LogP contribution < -0.4 is 5.32 Å². The highest BCUT2D eigenvalue weighted by Gasteiger charge is 2.49. The second-order valence-corrected chi connectivity index (χ2v) is 9.35. The molecule has 1 rings (SSSR count). The Kier molecular flexibility index (Phi) is 9.01. The van der Waals surface area contributed by atoms with Crippen LogP contribution in [0.25, 0.3) is 0 Å². The first-order valence-electron chi connectivity index (χ1n) is 9.90. The number of hydrogen-bond donors (Lipinski definition) is 2. The van der Waals surface area contributed by atoms with Gasteiger partial charge in [-0.3, -0.25) is 14.4 Å². The Balaban J connectivity index is 3.15. The van der Waals surface area contributed by atoms with Gasteiger partial charge >= 0.3 is 11.9 Å². The van der Waals surface area contributed by atoms with E-state index in [1.807, 2.05) is 0 Å². The van der Waals surface area contributed by atoms with Gasteiger partial charge in [-0.2, -0.15) is 0 Å². The first-order chi connectivity index (χ1) is 13.7. The molecule has 5 unspecified atom stereocenters. The third-order valence-corrected chi connectivity index (χ3v) is 4.27. The minimum atomic E-state index is -1.37. The number of ether oxygens (including phenoxy) is 4. The summed E-state index contributed by atoms with van der Waals surface area (Å²) in [6.45, 7) is 14.8. The fourth-order valence-corrected chi connectivity index (χ4v) is 2.56. The third-order valence-electron chi connectivity index (χ3n) is 4.27. The molecule has 0 aromatic carbocycles. The summed E-state index contributed by atoms with van der Waals surface area (Å²) in [4.78, 5) is 36.4. The van der Waals surface area contributed by atoms with Crippen molar-refractivity contribution in [3.63, 3.8) is 0 Å². The molecule has 1 amide bonds. The Morgan fingerprint density at radius 1 is 1.10 bits per heavy atom. The van der Waals surface area contributed by atoms with Gasteiger partial charge in [0.25, 0.3) is 0 Å². The third kappa shape index (κ3) is 7.37. The van der Waals surface area contributed by atoms with Gasteiger partial charge in [0, 0.05) is 6.92 Å². The number of rotatable bonds is 7. The van der Waals surface area contributed by atoms with Crippen LogP contribution in [-0.2, 0) is 33.3 Å². The lowest BCUT2D eigenvalue weighted by atomic mass is 9.94. The summed E-state index contributed by atoms with van der Waals surface area (Å²) in [6.07, 6.45) is -3.16. The predicted molar refractivity (Wildman–Crippen MR) is 108 cm³/mol. The van der Waals surface area contributed by atoms with Gasteiger partial charge in [0.1, 0.15) is 24.9 Å². The molecule has 0 bridgehead atoms. The standard InChI is InChI=1S/C21H35NO8/c1-9-10-27-17-14(22-12(2)23)16(30-19(26)21(6,7)8)15(24)13(29-17)11-28-18(25)20(3,4)5/h9,13-17,24H,1,10-11H2,2-8H3,(H,22,23). The molecule has 0 saturated carbocycles. The number of esters is 2. The van der Waals surface area contributed by atoms with E-state index < -0.39 is 59.3 Å². The molecule has 1 saturated heterocycles. The van der Waals surface area contributed by atoms with Crippen molar-refractivity contribution >= 4 is 17.8 Å². The minimum Gasteiger partial charge on any atom is -0.462 e. The maximum Gasteiger partial charge on any atom is 0.311 e. The van der Waals surface area contributed by atoms with Crippen LogP contribution in [0.2, 0.25) is 0 Å². The van der Waals surface area contributed by atoms with Crippen LogP contribution in [0, 0.1) is 10.8 Å². The molecular weight excluding hydrogens is 394 g/mol. The number of aliphatic hydroxyl groups excluding tert-OH is 1. The molecule has 1 fully saturated rings. The number of hydrogen-bond acceptors (Lipinski definition) is 8. The van der Waals surface area contributed by atoms with Crippen molar-refractivity contribution in [1.82, 2.24) is 5.32 Å². The van der Waals surface area contributed by atoms with Crippen molar-refractivity contribution in [2.75, 3.05) is 13.2 Å². The van der Waals surface area contributed by atoms with Crippen LogP contribution in [0.5, 0.6) is 0 Å². The van der Waals surface area contributed by atoms with Crippen LogP contribution in [0.15, 0.2) is 12.7 Å². The molecule has 1 heterocycles. The Hall–Kier alpha value is -1.97. The zero-order valence-electron chi connectivity index (χ0n) is 18.9. The second kappa shape index (κ2) is 10.4. The van der Waals surface area contributed by atoms with Crippen molar-refractivity contribution in [1.29, 1.82) is 0 Å². The van der Waals surface area contributed by atoms with Gasteiger partial charge < -0.3 is 29.4 Å². The topological polar surface area (TPSA) is 120 Å². The number of carbonyl (C=O) groups excluding carboxylic acids is 3. The summed E-state index contributed by atoms with van der Waals surface area (Å²) in [6, 6.07) is -0.974. The van der Waals surface area contributed by atoms with E-state index >= 15 is 0 Å². The molecule has 2 N–H and O–H groups in total. The summed E-state index contributed by atoms with van der Waals surface area (Å²) < 4.78 is 22.2. The van der Waals surface area contributed by atoms with E-state index in [4.69, 9.17) is 18.9 Å². The highest BCUT2D eigenvalue weighted by molar-refractivity contribution is 5.76. The molecular formula is C21H35NO8. The number of nitrogens with one attached hydrogen (secondary N) is 1.